The molecule has 0 aliphatic heterocycles. The Morgan fingerprint density at radius 1 is 1.26 bits per heavy atom. The Balaban J connectivity index is 2.30. The smallest absolute Gasteiger partial charge is 0.328 e. The molecular formula is C13H14F3N3. The van der Waals surface area contributed by atoms with E-state index in [1.54, 1.807) is 6.20 Å². The van der Waals surface area contributed by atoms with E-state index < -0.39 is 11.7 Å². The normalized spacial score (nSPS) is 13.5. The van der Waals surface area contributed by atoms with Crippen LogP contribution in [0.3, 0.4) is 0 Å². The van der Waals surface area contributed by atoms with Crippen LogP contribution in [0.15, 0.2) is 30.5 Å². The maximum Gasteiger partial charge on any atom is 0.416 e. The van der Waals surface area contributed by atoms with E-state index in [2.05, 4.69) is 10.2 Å². The molecule has 2 rings (SSSR count). The van der Waals surface area contributed by atoms with E-state index in [4.69, 9.17) is 5.73 Å². The van der Waals surface area contributed by atoms with Crippen molar-refractivity contribution in [2.24, 2.45) is 5.73 Å². The van der Waals surface area contributed by atoms with Gasteiger partial charge in [-0.1, -0.05) is 12.1 Å². The molecule has 0 aliphatic rings. The molecule has 0 spiro atoms. The number of nitrogens with one attached hydrogen (secondary N) is 1. The number of aromatic nitrogens is 2. The lowest BCUT2D eigenvalue weighted by Crippen LogP contribution is -2.17. The predicted molar refractivity (Wildman–Crippen MR) is 66.4 cm³/mol. The molecule has 0 saturated carbocycles. The molecule has 1 heterocycles. The molecule has 2 aromatic rings. The van der Waals surface area contributed by atoms with Crippen molar-refractivity contribution in [3.8, 4) is 11.3 Å². The fraction of sp³-hybridized carbons (Fsp3) is 0.308. The number of rotatable bonds is 3. The van der Waals surface area contributed by atoms with E-state index in [0.29, 0.717) is 17.7 Å². The fourth-order valence-corrected chi connectivity index (χ4v) is 1.89. The van der Waals surface area contributed by atoms with E-state index >= 15 is 0 Å². The molecule has 6 heteroatoms. The van der Waals surface area contributed by atoms with Gasteiger partial charge in [-0.25, -0.2) is 0 Å². The number of H-pyrrole nitrogens is 1. The van der Waals surface area contributed by atoms with Crippen LogP contribution in [0.25, 0.3) is 11.3 Å². The zero-order valence-electron chi connectivity index (χ0n) is 10.3. The van der Waals surface area contributed by atoms with Gasteiger partial charge < -0.3 is 5.73 Å². The van der Waals surface area contributed by atoms with Crippen LogP contribution in [0.5, 0.6) is 0 Å². The Morgan fingerprint density at radius 2 is 1.89 bits per heavy atom. The van der Waals surface area contributed by atoms with Gasteiger partial charge in [-0.05, 0) is 36.6 Å². The Bertz CT molecular complexity index is 541. The summed E-state index contributed by atoms with van der Waals surface area (Å²) in [6.45, 7) is 1.86. The molecule has 0 aliphatic carbocycles. The highest BCUT2D eigenvalue weighted by molar-refractivity contribution is 5.63. The lowest BCUT2D eigenvalue weighted by atomic mass is 10.0. The van der Waals surface area contributed by atoms with Gasteiger partial charge in [0.25, 0.3) is 0 Å². The van der Waals surface area contributed by atoms with Crippen molar-refractivity contribution >= 4 is 0 Å². The number of hydrogen-bond donors (Lipinski definition) is 2. The molecular weight excluding hydrogens is 255 g/mol. The van der Waals surface area contributed by atoms with Gasteiger partial charge >= 0.3 is 6.18 Å². The topological polar surface area (TPSA) is 54.7 Å². The molecule has 3 N–H and O–H groups in total. The van der Waals surface area contributed by atoms with E-state index in [0.717, 1.165) is 17.7 Å². The molecule has 102 valence electrons. The third-order valence-electron chi connectivity index (χ3n) is 2.76. The number of aromatic amines is 1. The average molecular weight is 269 g/mol. The van der Waals surface area contributed by atoms with Crippen molar-refractivity contribution in [3.05, 3.63) is 41.6 Å². The summed E-state index contributed by atoms with van der Waals surface area (Å²) in [5.41, 5.74) is 7.34. The Hall–Kier alpha value is -1.82. The largest absolute Gasteiger partial charge is 0.416 e. The standard InChI is InChI=1S/C13H14F3N3/c1-8(17)6-10-7-18-19-12(10)9-2-4-11(5-3-9)13(14,15)16/h2-5,7-8H,6,17H2,1H3,(H,18,19). The van der Waals surface area contributed by atoms with E-state index in [-0.39, 0.29) is 6.04 Å². The van der Waals surface area contributed by atoms with Crippen LogP contribution in [0, 0.1) is 0 Å². The monoisotopic (exact) mass is 269 g/mol. The Morgan fingerprint density at radius 3 is 2.42 bits per heavy atom. The first-order valence-corrected chi connectivity index (χ1v) is 5.83. The maximum absolute atomic E-state index is 12.5. The minimum atomic E-state index is -4.32. The van der Waals surface area contributed by atoms with Crippen LogP contribution in [0.2, 0.25) is 0 Å². The molecule has 19 heavy (non-hydrogen) atoms. The minimum absolute atomic E-state index is 0.0363. The fourth-order valence-electron chi connectivity index (χ4n) is 1.89. The lowest BCUT2D eigenvalue weighted by molar-refractivity contribution is -0.137. The van der Waals surface area contributed by atoms with E-state index in [1.807, 2.05) is 6.92 Å². The molecule has 1 atom stereocenters. The van der Waals surface area contributed by atoms with Crippen molar-refractivity contribution in [2.45, 2.75) is 25.6 Å². The highest BCUT2D eigenvalue weighted by Crippen LogP contribution is 2.31. The Labute approximate surface area is 108 Å². The summed E-state index contributed by atoms with van der Waals surface area (Å²) in [7, 11) is 0. The minimum Gasteiger partial charge on any atom is -0.328 e. The molecule has 3 nitrogen and oxygen atoms in total. The van der Waals surface area contributed by atoms with Crippen molar-refractivity contribution in [3.63, 3.8) is 0 Å². The van der Waals surface area contributed by atoms with Gasteiger partial charge in [-0.3, -0.25) is 5.10 Å². The first-order chi connectivity index (χ1) is 8.88. The van der Waals surface area contributed by atoms with Crippen LogP contribution < -0.4 is 5.73 Å². The van der Waals surface area contributed by atoms with E-state index in [9.17, 15) is 13.2 Å². The number of nitrogens with zero attached hydrogens (tertiary/aromatic N) is 1. The second kappa shape index (κ2) is 5.05. The molecule has 1 unspecified atom stereocenters. The number of halogens is 3. The molecule has 0 amide bonds. The first-order valence-electron chi connectivity index (χ1n) is 5.83. The molecule has 0 fully saturated rings. The van der Waals surface area contributed by atoms with Gasteiger partial charge in [-0.15, -0.1) is 0 Å². The maximum atomic E-state index is 12.5. The SMILES string of the molecule is CC(N)Cc1cn[nH]c1-c1ccc(C(F)(F)F)cc1. The van der Waals surface area contributed by atoms with Crippen molar-refractivity contribution < 1.29 is 13.2 Å². The molecule has 1 aromatic heterocycles. The summed E-state index contributed by atoms with van der Waals surface area (Å²) in [4.78, 5) is 0. The third kappa shape index (κ3) is 3.14. The molecule has 0 saturated heterocycles. The van der Waals surface area contributed by atoms with Gasteiger partial charge in [0.1, 0.15) is 0 Å². The van der Waals surface area contributed by atoms with Crippen LogP contribution in [-0.2, 0) is 12.6 Å². The lowest BCUT2D eigenvalue weighted by Gasteiger charge is -2.09. The van der Waals surface area contributed by atoms with Crippen LogP contribution in [0.4, 0.5) is 13.2 Å². The first kappa shape index (κ1) is 13.6. The summed E-state index contributed by atoms with van der Waals surface area (Å²) in [5, 5.41) is 6.72. The summed E-state index contributed by atoms with van der Waals surface area (Å²) in [6, 6.07) is 4.95. The molecule has 0 bridgehead atoms. The predicted octanol–water partition coefficient (Wildman–Crippen LogP) is 2.99. The van der Waals surface area contributed by atoms with Gasteiger partial charge in [0.2, 0.25) is 0 Å². The number of nitrogens with two attached hydrogens (primary N) is 1. The van der Waals surface area contributed by atoms with Gasteiger partial charge in [0, 0.05) is 6.04 Å². The molecule has 0 radical (unpaired) electrons. The third-order valence-corrected chi connectivity index (χ3v) is 2.76. The quantitative estimate of drug-likeness (QED) is 0.900. The van der Waals surface area contributed by atoms with Gasteiger partial charge in [0.15, 0.2) is 0 Å². The number of alkyl halides is 3. The van der Waals surface area contributed by atoms with Crippen molar-refractivity contribution in [2.75, 3.05) is 0 Å². The van der Waals surface area contributed by atoms with Crippen molar-refractivity contribution in [1.82, 2.24) is 10.2 Å². The van der Waals surface area contributed by atoms with Crippen molar-refractivity contribution in [1.29, 1.82) is 0 Å². The summed E-state index contributed by atoms with van der Waals surface area (Å²) >= 11 is 0. The average Bonchev–Trinajstić information content (AvgIpc) is 2.75. The summed E-state index contributed by atoms with van der Waals surface area (Å²) in [5.74, 6) is 0. The van der Waals surface area contributed by atoms with Crippen LogP contribution in [0.1, 0.15) is 18.1 Å². The van der Waals surface area contributed by atoms with Crippen LogP contribution >= 0.6 is 0 Å². The zero-order valence-corrected chi connectivity index (χ0v) is 10.3. The zero-order chi connectivity index (χ0) is 14.0. The van der Waals surface area contributed by atoms with Gasteiger partial charge in [-0.2, -0.15) is 18.3 Å². The number of benzene rings is 1. The number of hydrogen-bond acceptors (Lipinski definition) is 2. The van der Waals surface area contributed by atoms with Crippen LogP contribution in [-0.4, -0.2) is 16.2 Å². The summed E-state index contributed by atoms with van der Waals surface area (Å²) in [6.07, 6.45) is -2.05. The summed E-state index contributed by atoms with van der Waals surface area (Å²) < 4.78 is 37.4. The second-order valence-corrected chi connectivity index (χ2v) is 4.53. The molecule has 1 aromatic carbocycles. The second-order valence-electron chi connectivity index (χ2n) is 4.53. The van der Waals surface area contributed by atoms with Gasteiger partial charge in [0.05, 0.1) is 17.5 Å². The highest BCUT2D eigenvalue weighted by Gasteiger charge is 2.30. The van der Waals surface area contributed by atoms with E-state index in [1.165, 1.54) is 12.1 Å². The highest BCUT2D eigenvalue weighted by atomic mass is 19.4. The Kier molecular flexibility index (Phi) is 3.61.